The van der Waals surface area contributed by atoms with Gasteiger partial charge in [0.2, 0.25) is 0 Å². The van der Waals surface area contributed by atoms with E-state index in [0.29, 0.717) is 6.04 Å². The summed E-state index contributed by atoms with van der Waals surface area (Å²) in [5, 5.41) is 4.40. The highest BCUT2D eigenvalue weighted by Gasteiger charge is 2.20. The maximum atomic E-state index is 6.00. The Bertz CT molecular complexity index is 420. The molecule has 1 aromatic rings. The molecule has 0 aliphatic heterocycles. The zero-order chi connectivity index (χ0) is 12.4. The smallest absolute Gasteiger partial charge is 0.164 e. The minimum absolute atomic E-state index is 0.166. The zero-order valence-electron chi connectivity index (χ0n) is 10.8. The van der Waals surface area contributed by atoms with E-state index in [-0.39, 0.29) is 6.04 Å². The van der Waals surface area contributed by atoms with Crippen molar-refractivity contribution in [3.8, 4) is 5.75 Å². The van der Waals surface area contributed by atoms with Crippen LogP contribution in [0.1, 0.15) is 44.8 Å². The number of rotatable bonds is 3. The number of methoxy groups -OCH3 is 1. The Morgan fingerprint density at radius 2 is 2.29 bits per heavy atom. The molecule has 4 nitrogen and oxygen atoms in total. The Morgan fingerprint density at radius 1 is 1.53 bits per heavy atom. The normalized spacial score (nSPS) is 20.5. The first kappa shape index (κ1) is 12.2. The van der Waals surface area contributed by atoms with Gasteiger partial charge in [-0.1, -0.05) is 6.08 Å². The molecule has 0 amide bonds. The van der Waals surface area contributed by atoms with Gasteiger partial charge < -0.3 is 10.5 Å². The fourth-order valence-corrected chi connectivity index (χ4v) is 2.34. The molecule has 0 saturated carbocycles. The van der Waals surface area contributed by atoms with Gasteiger partial charge in [0.05, 0.1) is 13.3 Å². The third kappa shape index (κ3) is 2.36. The summed E-state index contributed by atoms with van der Waals surface area (Å²) in [6, 6.07) is 0.493. The first-order valence-corrected chi connectivity index (χ1v) is 6.21. The van der Waals surface area contributed by atoms with Crippen LogP contribution in [0.2, 0.25) is 0 Å². The molecule has 4 heteroatoms. The van der Waals surface area contributed by atoms with E-state index >= 15 is 0 Å². The van der Waals surface area contributed by atoms with Gasteiger partial charge >= 0.3 is 0 Å². The minimum atomic E-state index is 0.166. The highest BCUT2D eigenvalue weighted by Crippen LogP contribution is 2.33. The van der Waals surface area contributed by atoms with Gasteiger partial charge in [0.15, 0.2) is 5.75 Å². The molecular formula is C13H21N3O. The van der Waals surface area contributed by atoms with Crippen LogP contribution in [-0.2, 0) is 0 Å². The van der Waals surface area contributed by atoms with Gasteiger partial charge in [-0.05, 0) is 38.7 Å². The average Bonchev–Trinajstić information content (AvgIpc) is 2.72. The van der Waals surface area contributed by atoms with Crippen molar-refractivity contribution < 1.29 is 4.74 Å². The molecule has 1 heterocycles. The highest BCUT2D eigenvalue weighted by atomic mass is 16.5. The topological polar surface area (TPSA) is 53.1 Å². The van der Waals surface area contributed by atoms with E-state index in [4.69, 9.17) is 10.5 Å². The molecule has 0 fully saturated rings. The zero-order valence-corrected chi connectivity index (χ0v) is 10.8. The van der Waals surface area contributed by atoms with Gasteiger partial charge in [-0.2, -0.15) is 5.10 Å². The Kier molecular flexibility index (Phi) is 3.52. The average molecular weight is 235 g/mol. The third-order valence-electron chi connectivity index (χ3n) is 3.17. The summed E-state index contributed by atoms with van der Waals surface area (Å²) in [4.78, 5) is 0. The van der Waals surface area contributed by atoms with Crippen molar-refractivity contribution in [1.29, 1.82) is 0 Å². The first-order valence-electron chi connectivity index (χ1n) is 6.21. The van der Waals surface area contributed by atoms with Gasteiger partial charge in [0.25, 0.3) is 0 Å². The van der Waals surface area contributed by atoms with Crippen molar-refractivity contribution in [3.63, 3.8) is 0 Å². The lowest BCUT2D eigenvalue weighted by atomic mass is 9.93. The van der Waals surface area contributed by atoms with E-state index in [0.717, 1.165) is 30.7 Å². The monoisotopic (exact) mass is 235 g/mol. The second-order valence-electron chi connectivity index (χ2n) is 4.85. The molecular weight excluding hydrogens is 214 g/mol. The molecule has 94 valence electrons. The van der Waals surface area contributed by atoms with E-state index in [9.17, 15) is 0 Å². The van der Waals surface area contributed by atoms with Crippen LogP contribution in [0, 0.1) is 0 Å². The summed E-state index contributed by atoms with van der Waals surface area (Å²) in [5.74, 6) is 0.846. The van der Waals surface area contributed by atoms with Crippen molar-refractivity contribution in [1.82, 2.24) is 9.78 Å². The van der Waals surface area contributed by atoms with Crippen molar-refractivity contribution in [3.05, 3.63) is 18.0 Å². The first-order chi connectivity index (χ1) is 8.13. The largest absolute Gasteiger partial charge is 0.493 e. The molecule has 0 aromatic carbocycles. The number of nitrogens with two attached hydrogens (primary N) is 1. The number of hydrogen-bond donors (Lipinski definition) is 1. The quantitative estimate of drug-likeness (QED) is 0.875. The summed E-state index contributed by atoms with van der Waals surface area (Å²) in [5.41, 5.74) is 8.37. The molecule has 0 radical (unpaired) electrons. The van der Waals surface area contributed by atoms with E-state index < -0.39 is 0 Å². The summed E-state index contributed by atoms with van der Waals surface area (Å²) in [6.07, 6.45) is 7.21. The summed E-state index contributed by atoms with van der Waals surface area (Å²) in [7, 11) is 1.69. The predicted molar refractivity (Wildman–Crippen MR) is 69.0 cm³/mol. The standard InChI is InChI=1S/C13H21N3O/c1-9(2)16-13(12(17-3)8-15-16)10-5-4-6-11(14)7-10/h7-9,11H,4-6,14H2,1-3H3. The van der Waals surface area contributed by atoms with Crippen LogP contribution in [0.5, 0.6) is 5.75 Å². The van der Waals surface area contributed by atoms with Crippen molar-refractivity contribution in [2.45, 2.75) is 45.2 Å². The van der Waals surface area contributed by atoms with E-state index in [1.54, 1.807) is 13.3 Å². The maximum absolute atomic E-state index is 6.00. The van der Waals surface area contributed by atoms with Gasteiger partial charge in [-0.25, -0.2) is 0 Å². The van der Waals surface area contributed by atoms with Gasteiger partial charge in [0.1, 0.15) is 5.69 Å². The summed E-state index contributed by atoms with van der Waals surface area (Å²) in [6.45, 7) is 4.25. The van der Waals surface area contributed by atoms with E-state index in [1.807, 2.05) is 4.68 Å². The second-order valence-corrected chi connectivity index (χ2v) is 4.85. The van der Waals surface area contributed by atoms with Crippen LogP contribution in [0.25, 0.3) is 5.57 Å². The van der Waals surface area contributed by atoms with Crippen molar-refractivity contribution >= 4 is 5.57 Å². The number of allylic oxidation sites excluding steroid dienone is 1. The SMILES string of the molecule is COc1cnn(C(C)C)c1C1=CC(N)CCC1. The lowest BCUT2D eigenvalue weighted by Crippen LogP contribution is -2.21. The Labute approximate surface area is 102 Å². The van der Waals surface area contributed by atoms with Crippen LogP contribution >= 0.6 is 0 Å². The van der Waals surface area contributed by atoms with Crippen LogP contribution in [0.15, 0.2) is 12.3 Å². The molecule has 0 spiro atoms. The molecule has 1 aliphatic carbocycles. The number of ether oxygens (including phenoxy) is 1. The van der Waals surface area contributed by atoms with Gasteiger partial charge in [-0.3, -0.25) is 4.68 Å². The van der Waals surface area contributed by atoms with Gasteiger partial charge in [-0.15, -0.1) is 0 Å². The Morgan fingerprint density at radius 3 is 2.88 bits per heavy atom. The molecule has 2 N–H and O–H groups in total. The van der Waals surface area contributed by atoms with E-state index in [1.165, 1.54) is 5.57 Å². The Balaban J connectivity index is 2.45. The van der Waals surface area contributed by atoms with Crippen LogP contribution in [0.3, 0.4) is 0 Å². The van der Waals surface area contributed by atoms with Crippen LogP contribution in [0.4, 0.5) is 0 Å². The molecule has 1 unspecified atom stereocenters. The second kappa shape index (κ2) is 4.92. The van der Waals surface area contributed by atoms with Crippen molar-refractivity contribution in [2.75, 3.05) is 7.11 Å². The summed E-state index contributed by atoms with van der Waals surface area (Å²) >= 11 is 0. The van der Waals surface area contributed by atoms with Crippen LogP contribution in [-0.4, -0.2) is 22.9 Å². The number of hydrogen-bond acceptors (Lipinski definition) is 3. The number of nitrogens with zero attached hydrogens (tertiary/aromatic N) is 2. The lowest BCUT2D eigenvalue weighted by molar-refractivity contribution is 0.410. The van der Waals surface area contributed by atoms with Gasteiger partial charge in [0, 0.05) is 12.1 Å². The molecule has 0 bridgehead atoms. The van der Waals surface area contributed by atoms with E-state index in [2.05, 4.69) is 25.0 Å². The molecule has 17 heavy (non-hydrogen) atoms. The molecule has 1 aliphatic rings. The molecule has 1 atom stereocenters. The molecule has 1 aromatic heterocycles. The maximum Gasteiger partial charge on any atom is 0.164 e. The lowest BCUT2D eigenvalue weighted by Gasteiger charge is -2.20. The minimum Gasteiger partial charge on any atom is -0.493 e. The fraction of sp³-hybridized carbons (Fsp3) is 0.615. The predicted octanol–water partition coefficient (Wildman–Crippen LogP) is 2.37. The van der Waals surface area contributed by atoms with Crippen LogP contribution < -0.4 is 10.5 Å². The third-order valence-corrected chi connectivity index (χ3v) is 3.17. The highest BCUT2D eigenvalue weighted by molar-refractivity contribution is 5.69. The Hall–Kier alpha value is -1.29. The summed E-state index contributed by atoms with van der Waals surface area (Å²) < 4.78 is 7.42. The number of aromatic nitrogens is 2. The fourth-order valence-electron chi connectivity index (χ4n) is 2.34. The molecule has 0 saturated heterocycles. The van der Waals surface area contributed by atoms with Crippen molar-refractivity contribution in [2.24, 2.45) is 5.73 Å². The molecule has 2 rings (SSSR count).